The van der Waals surface area contributed by atoms with E-state index in [9.17, 15) is 23.0 Å². The zero-order valence-corrected chi connectivity index (χ0v) is 29.8. The largest absolute Gasteiger partial charge is 0.393 e. The molecule has 14 heteroatoms. The number of hydrogen-bond acceptors (Lipinski definition) is 8. The van der Waals surface area contributed by atoms with Gasteiger partial charge >= 0.3 is 6.18 Å². The molecule has 2 aliphatic rings. The fourth-order valence-electron chi connectivity index (χ4n) is 7.23. The van der Waals surface area contributed by atoms with Crippen LogP contribution in [0.5, 0.6) is 0 Å². The van der Waals surface area contributed by atoms with Crippen LogP contribution in [0.3, 0.4) is 0 Å². The van der Waals surface area contributed by atoms with Crippen LogP contribution in [0.25, 0.3) is 21.1 Å². The van der Waals surface area contributed by atoms with Crippen LogP contribution in [0.4, 0.5) is 19.0 Å². The summed E-state index contributed by atoms with van der Waals surface area (Å²) in [4.78, 5) is 14.3. The van der Waals surface area contributed by atoms with Crippen LogP contribution in [0, 0.1) is 18.3 Å². The summed E-state index contributed by atoms with van der Waals surface area (Å²) in [5.74, 6) is 0.600. The third kappa shape index (κ3) is 7.74. The molecule has 3 aromatic heterocycles. The van der Waals surface area contributed by atoms with Gasteiger partial charge in [0.15, 0.2) is 0 Å². The molecule has 1 aromatic carbocycles. The van der Waals surface area contributed by atoms with Crippen molar-refractivity contribution in [1.29, 1.82) is 5.26 Å². The lowest BCUT2D eigenvalue weighted by atomic mass is 10.0. The molecule has 0 amide bonds. The topological polar surface area (TPSA) is 93.3 Å². The number of likely N-dealkylation sites (tertiary alicyclic amines) is 1. The summed E-state index contributed by atoms with van der Waals surface area (Å²) < 4.78 is 55.8. The lowest BCUT2D eigenvalue weighted by Crippen LogP contribution is -2.50. The molecule has 4 aromatic rings. The van der Waals surface area contributed by atoms with E-state index >= 15 is 0 Å². The van der Waals surface area contributed by atoms with Crippen LogP contribution in [-0.4, -0.2) is 99.9 Å². The second-order valence-corrected chi connectivity index (χ2v) is 17.8. The maximum absolute atomic E-state index is 13.0. The van der Waals surface area contributed by atoms with E-state index in [0.29, 0.717) is 21.7 Å². The number of halogens is 3. The molecule has 9 nitrogen and oxygen atoms in total. The molecule has 0 radical (unpaired) electrons. The molecule has 2 aliphatic heterocycles. The van der Waals surface area contributed by atoms with Gasteiger partial charge in [0.25, 0.3) is 0 Å². The first-order valence-corrected chi connectivity index (χ1v) is 20.0. The predicted molar refractivity (Wildman–Crippen MR) is 187 cm³/mol. The van der Waals surface area contributed by atoms with E-state index in [4.69, 9.17) is 0 Å². The minimum atomic E-state index is -4.26. The van der Waals surface area contributed by atoms with Crippen molar-refractivity contribution in [2.24, 2.45) is 0 Å². The van der Waals surface area contributed by atoms with Gasteiger partial charge in [-0.2, -0.15) is 18.4 Å². The molecule has 1 atom stereocenters. The monoisotopic (exact) mass is 700 g/mol. The van der Waals surface area contributed by atoms with Gasteiger partial charge in [0.1, 0.15) is 36.0 Å². The van der Waals surface area contributed by atoms with Crippen molar-refractivity contribution >= 4 is 45.6 Å². The predicted octanol–water partition coefficient (Wildman–Crippen LogP) is 6.94. The highest BCUT2D eigenvalue weighted by molar-refractivity contribution is 7.59. The molecule has 5 heterocycles. The molecule has 1 N–H and O–H groups in total. The highest BCUT2D eigenvalue weighted by Crippen LogP contribution is 2.41. The number of aromatic nitrogens is 3. The van der Waals surface area contributed by atoms with Gasteiger partial charge in [-0.3, -0.25) is 14.5 Å². The van der Waals surface area contributed by atoms with E-state index in [1.807, 2.05) is 19.4 Å². The van der Waals surface area contributed by atoms with Crippen molar-refractivity contribution < 1.29 is 17.7 Å². The number of fused-ring (bicyclic) bond motifs is 2. The van der Waals surface area contributed by atoms with Crippen molar-refractivity contribution in [2.45, 2.75) is 70.9 Å². The summed E-state index contributed by atoms with van der Waals surface area (Å²) in [5, 5.41) is 15.4. The summed E-state index contributed by atoms with van der Waals surface area (Å²) in [6.45, 7) is 14.7. The quantitative estimate of drug-likeness (QED) is 0.178. The van der Waals surface area contributed by atoms with Gasteiger partial charge < -0.3 is 14.4 Å². The number of hydrogen-bond donors (Lipinski definition) is 1. The summed E-state index contributed by atoms with van der Waals surface area (Å²) in [5.41, 5.74) is 4.20. The molecule has 0 aliphatic carbocycles. The number of piperidine rings is 1. The van der Waals surface area contributed by atoms with Crippen LogP contribution in [0.15, 0.2) is 30.6 Å². The van der Waals surface area contributed by atoms with Gasteiger partial charge in [0.2, 0.25) is 0 Å². The van der Waals surface area contributed by atoms with Crippen molar-refractivity contribution in [3.05, 3.63) is 52.3 Å². The Morgan fingerprint density at radius 2 is 1.81 bits per heavy atom. The molecule has 0 unspecified atom stereocenters. The number of alkyl halides is 3. The van der Waals surface area contributed by atoms with E-state index < -0.39 is 19.9 Å². The Hall–Kier alpha value is -3.01. The molecule has 0 bridgehead atoms. The Bertz CT molecular complexity index is 1840. The average molecular weight is 701 g/mol. The van der Waals surface area contributed by atoms with Gasteiger partial charge in [-0.15, -0.1) is 11.3 Å². The highest BCUT2D eigenvalue weighted by atomic mass is 32.1. The first kappa shape index (κ1) is 34.8. The van der Waals surface area contributed by atoms with Gasteiger partial charge in [0, 0.05) is 93.6 Å². The molecule has 6 rings (SSSR count). The number of anilines is 1. The second kappa shape index (κ2) is 14.1. The minimum absolute atomic E-state index is 0.170. The third-order valence-corrected chi connectivity index (χ3v) is 12.8. The minimum Gasteiger partial charge on any atom is -0.367 e. The highest BCUT2D eigenvalue weighted by Gasteiger charge is 2.30. The summed E-state index contributed by atoms with van der Waals surface area (Å²) in [7, 11) is -2.24. The average Bonchev–Trinajstić information content (AvgIpc) is 3.62. The molecule has 0 saturated carbocycles. The lowest BCUT2D eigenvalue weighted by Gasteiger charge is -2.40. The van der Waals surface area contributed by atoms with Gasteiger partial charge in [-0.05, 0) is 55.5 Å². The first-order chi connectivity index (χ1) is 22.8. The maximum atomic E-state index is 13.0. The normalized spacial score (nSPS) is 18.5. The molecular formula is C34H44F3N8OPS. The molecule has 0 spiro atoms. The Morgan fingerprint density at radius 1 is 1.08 bits per heavy atom. The lowest BCUT2D eigenvalue weighted by molar-refractivity contribution is -0.126. The van der Waals surface area contributed by atoms with Crippen LogP contribution in [0.2, 0.25) is 0 Å². The number of benzene rings is 1. The fraction of sp³-hybridized carbons (Fsp3) is 0.559. The number of rotatable bonds is 10. The summed E-state index contributed by atoms with van der Waals surface area (Å²) >= 11 is 1.07. The molecule has 48 heavy (non-hydrogen) atoms. The van der Waals surface area contributed by atoms with Gasteiger partial charge in [-0.1, -0.05) is 13.0 Å². The smallest absolute Gasteiger partial charge is 0.367 e. The van der Waals surface area contributed by atoms with Crippen LogP contribution < -0.4 is 5.32 Å². The van der Waals surface area contributed by atoms with Gasteiger partial charge in [0.05, 0.1) is 11.8 Å². The van der Waals surface area contributed by atoms with Crippen molar-refractivity contribution in [3.63, 3.8) is 0 Å². The van der Waals surface area contributed by atoms with Crippen LogP contribution in [-0.2, 0) is 24.1 Å². The molecule has 258 valence electrons. The van der Waals surface area contributed by atoms with Crippen molar-refractivity contribution in [3.8, 4) is 6.07 Å². The maximum Gasteiger partial charge on any atom is 0.393 e. The number of aryl methyl sites for hydroxylation is 1. The number of nitrogens with one attached hydrogen (secondary N) is 1. The first-order valence-electron chi connectivity index (χ1n) is 16.7. The number of nitrogens with zero attached hydrogens (tertiary/aromatic N) is 7. The molecule has 2 fully saturated rings. The molecular weight excluding hydrogens is 656 g/mol. The number of thiophene rings is 1. The van der Waals surface area contributed by atoms with E-state index in [2.05, 4.69) is 66.4 Å². The number of nitriles is 1. The van der Waals surface area contributed by atoms with E-state index in [1.165, 1.54) is 17.5 Å². The Kier molecular flexibility index (Phi) is 10.2. The zero-order valence-electron chi connectivity index (χ0n) is 28.1. The zero-order chi connectivity index (χ0) is 34.2. The van der Waals surface area contributed by atoms with E-state index in [1.54, 1.807) is 6.07 Å². The Labute approximate surface area is 284 Å². The molecule has 2 saturated heterocycles. The second-order valence-electron chi connectivity index (χ2n) is 13.5. The van der Waals surface area contributed by atoms with Crippen molar-refractivity contribution in [1.82, 2.24) is 29.0 Å². The van der Waals surface area contributed by atoms with Gasteiger partial charge in [-0.25, -0.2) is 9.97 Å². The summed E-state index contributed by atoms with van der Waals surface area (Å²) in [6.07, 6.45) is -1.05. The Balaban J connectivity index is 1.09. The van der Waals surface area contributed by atoms with Crippen LogP contribution >= 0.6 is 18.6 Å². The van der Waals surface area contributed by atoms with Crippen LogP contribution in [0.1, 0.15) is 47.9 Å². The SMILES string of the molecule is CC[C@@H](Cn1c(C#N)cc2c(C)c(CN3CCC(Nc4ncnc5sc(CC(F)(F)F)cc45)CC3)ccc21)N1CCN(P(C)(C)=O)CC1. The van der Waals surface area contributed by atoms with E-state index in [-0.39, 0.29) is 17.0 Å². The van der Waals surface area contributed by atoms with E-state index in [0.717, 1.165) is 93.9 Å². The van der Waals surface area contributed by atoms with Crippen molar-refractivity contribution in [2.75, 3.05) is 57.9 Å². The number of piperazine rings is 1. The Morgan fingerprint density at radius 3 is 2.46 bits per heavy atom. The third-order valence-electron chi connectivity index (χ3n) is 10.0. The standard InChI is InChI=1S/C34H44F3N8OPS/c1-5-26(43-12-14-44(15-13-43)47(3,4)46)21-45-27(19-38)16-29-23(2)24(6-7-31(29)45)20-42-10-8-25(9-11-42)41-32-30-17-28(18-34(35,36)37)48-33(30)40-22-39-32/h6-7,16-17,22,25-26H,5,8-15,18,20-21H2,1-4H3,(H,39,40,41)/t26-/m0/s1. The summed E-state index contributed by atoms with van der Waals surface area (Å²) in [6, 6.07) is 10.9. The fourth-order valence-corrected chi connectivity index (χ4v) is 9.40.